The quantitative estimate of drug-likeness (QED) is 0.717. The Morgan fingerprint density at radius 3 is 2.37 bits per heavy atom. The highest BCUT2D eigenvalue weighted by molar-refractivity contribution is 5.85. The molecule has 1 aliphatic heterocycles. The number of rotatable bonds is 2. The van der Waals surface area contributed by atoms with Crippen LogP contribution >= 0.6 is 0 Å². The van der Waals surface area contributed by atoms with Crippen molar-refractivity contribution in [1.82, 2.24) is 9.96 Å². The van der Waals surface area contributed by atoms with E-state index in [0.29, 0.717) is 13.0 Å². The highest BCUT2D eigenvalue weighted by atomic mass is 16.7. The van der Waals surface area contributed by atoms with Gasteiger partial charge in [-0.3, -0.25) is 14.5 Å². The lowest BCUT2D eigenvalue weighted by atomic mass is 10.1. The Balaban J connectivity index is 2.80. The number of amides is 2. The molecule has 1 heterocycles. The number of hydrogen-bond acceptors (Lipinski definition) is 4. The van der Waals surface area contributed by atoms with Crippen LogP contribution in [0.3, 0.4) is 0 Å². The molecule has 6 heteroatoms. The number of likely N-dealkylation sites (tertiary alicyclic amines) is 1. The van der Waals surface area contributed by atoms with Crippen molar-refractivity contribution in [2.24, 2.45) is 5.92 Å². The average molecular weight is 272 g/mol. The third kappa shape index (κ3) is 4.09. The molecule has 1 aliphatic rings. The van der Waals surface area contributed by atoms with Crippen molar-refractivity contribution >= 4 is 12.0 Å². The number of hydrogen-bond donors (Lipinski definition) is 0. The summed E-state index contributed by atoms with van der Waals surface area (Å²) >= 11 is 0. The normalized spacial score (nSPS) is 23.4. The third-order valence-electron chi connectivity index (χ3n) is 3.01. The Bertz CT molecular complexity index is 351. The van der Waals surface area contributed by atoms with Crippen LogP contribution in [0.1, 0.15) is 34.1 Å². The van der Waals surface area contributed by atoms with Crippen LogP contribution in [0.5, 0.6) is 0 Å². The summed E-state index contributed by atoms with van der Waals surface area (Å²) in [5, 5.41) is 1.15. The molecule has 0 spiro atoms. The Morgan fingerprint density at radius 1 is 1.32 bits per heavy atom. The van der Waals surface area contributed by atoms with Gasteiger partial charge in [-0.25, -0.2) is 9.86 Å². The molecule has 0 N–H and O–H groups in total. The second-order valence-electron chi connectivity index (χ2n) is 6.01. The molecule has 19 heavy (non-hydrogen) atoms. The fourth-order valence-electron chi connectivity index (χ4n) is 2.10. The third-order valence-corrected chi connectivity index (χ3v) is 3.01. The van der Waals surface area contributed by atoms with E-state index in [1.54, 1.807) is 7.05 Å². The van der Waals surface area contributed by atoms with E-state index in [4.69, 9.17) is 9.57 Å². The van der Waals surface area contributed by atoms with Gasteiger partial charge in [0.2, 0.25) is 0 Å². The Hall–Kier alpha value is -1.30. The molecule has 1 fully saturated rings. The number of nitrogens with zero attached hydrogens (tertiary/aromatic N) is 2. The largest absolute Gasteiger partial charge is 0.444 e. The second kappa shape index (κ2) is 5.77. The average Bonchev–Trinajstić information content (AvgIpc) is 2.67. The molecular formula is C13H24N2O4. The first-order valence-corrected chi connectivity index (χ1v) is 6.47. The van der Waals surface area contributed by atoms with Crippen LogP contribution in [-0.4, -0.2) is 54.3 Å². The van der Waals surface area contributed by atoms with Crippen molar-refractivity contribution in [3.05, 3.63) is 0 Å². The lowest BCUT2D eigenvalue weighted by molar-refractivity contribution is -0.173. The van der Waals surface area contributed by atoms with Gasteiger partial charge in [-0.2, -0.15) is 0 Å². The molecule has 0 bridgehead atoms. The summed E-state index contributed by atoms with van der Waals surface area (Å²) < 4.78 is 5.34. The van der Waals surface area contributed by atoms with Gasteiger partial charge < -0.3 is 4.74 Å². The van der Waals surface area contributed by atoms with E-state index in [0.717, 1.165) is 5.06 Å². The zero-order valence-electron chi connectivity index (χ0n) is 12.6. The van der Waals surface area contributed by atoms with Gasteiger partial charge in [0.15, 0.2) is 0 Å². The Kier molecular flexibility index (Phi) is 4.79. The first kappa shape index (κ1) is 15.8. The molecule has 0 aromatic carbocycles. The molecule has 6 nitrogen and oxygen atoms in total. The molecule has 1 rings (SSSR count). The monoisotopic (exact) mass is 272 g/mol. The molecule has 0 aromatic rings. The first-order valence-electron chi connectivity index (χ1n) is 6.47. The van der Waals surface area contributed by atoms with Gasteiger partial charge in [-0.15, -0.1) is 0 Å². The van der Waals surface area contributed by atoms with Crippen molar-refractivity contribution < 1.29 is 19.2 Å². The van der Waals surface area contributed by atoms with Gasteiger partial charge in [0.05, 0.1) is 7.11 Å². The van der Waals surface area contributed by atoms with E-state index < -0.39 is 17.7 Å². The highest BCUT2D eigenvalue weighted by Gasteiger charge is 2.41. The zero-order valence-corrected chi connectivity index (χ0v) is 12.6. The fourth-order valence-corrected chi connectivity index (χ4v) is 2.10. The maximum absolute atomic E-state index is 12.2. The van der Waals surface area contributed by atoms with E-state index in [9.17, 15) is 9.59 Å². The minimum atomic E-state index is -0.566. The summed E-state index contributed by atoms with van der Waals surface area (Å²) in [6.07, 6.45) is 0.186. The summed E-state index contributed by atoms with van der Waals surface area (Å²) in [5.41, 5.74) is -0.566. The number of carbonyl (C=O) groups is 2. The minimum Gasteiger partial charge on any atom is -0.444 e. The maximum atomic E-state index is 12.2. The van der Waals surface area contributed by atoms with Crippen molar-refractivity contribution in [1.29, 1.82) is 0 Å². The van der Waals surface area contributed by atoms with Gasteiger partial charge in [-0.1, -0.05) is 6.92 Å². The number of hydroxylamine groups is 2. The van der Waals surface area contributed by atoms with Crippen LogP contribution in [0.2, 0.25) is 0 Å². The second-order valence-corrected chi connectivity index (χ2v) is 6.01. The molecular weight excluding hydrogens is 248 g/mol. The van der Waals surface area contributed by atoms with Gasteiger partial charge in [0, 0.05) is 13.6 Å². The van der Waals surface area contributed by atoms with Crippen molar-refractivity contribution in [3.63, 3.8) is 0 Å². The van der Waals surface area contributed by atoms with Gasteiger partial charge in [-0.05, 0) is 33.1 Å². The predicted molar refractivity (Wildman–Crippen MR) is 70.3 cm³/mol. The molecule has 0 radical (unpaired) electrons. The van der Waals surface area contributed by atoms with Crippen LogP contribution < -0.4 is 0 Å². The van der Waals surface area contributed by atoms with Crippen LogP contribution in [0.4, 0.5) is 4.79 Å². The summed E-state index contributed by atoms with van der Waals surface area (Å²) in [6, 6.07) is -0.505. The topological polar surface area (TPSA) is 59.1 Å². The van der Waals surface area contributed by atoms with Crippen LogP contribution in [0.25, 0.3) is 0 Å². The van der Waals surface area contributed by atoms with Crippen LogP contribution in [0, 0.1) is 5.92 Å². The highest BCUT2D eigenvalue weighted by Crippen LogP contribution is 2.26. The zero-order chi connectivity index (χ0) is 14.8. The molecule has 0 unspecified atom stereocenters. The predicted octanol–water partition coefficient (Wildman–Crippen LogP) is 1.65. The first-order chi connectivity index (χ1) is 8.65. The standard InChI is InChI=1S/C13H24N2O4/c1-9-7-10(11(16)14(5)18-6)15(8-9)12(17)19-13(2,3)4/h9-10H,7-8H2,1-6H3/t9-,10+/m0/s1. The van der Waals surface area contributed by atoms with Crippen molar-refractivity contribution in [2.45, 2.75) is 45.8 Å². The molecule has 0 aromatic heterocycles. The van der Waals surface area contributed by atoms with Crippen LogP contribution in [0.15, 0.2) is 0 Å². The Morgan fingerprint density at radius 2 is 1.89 bits per heavy atom. The molecule has 0 aliphatic carbocycles. The van der Waals surface area contributed by atoms with Gasteiger partial charge in [0.25, 0.3) is 5.91 Å². The van der Waals surface area contributed by atoms with E-state index in [1.165, 1.54) is 12.0 Å². The summed E-state index contributed by atoms with van der Waals surface area (Å²) in [7, 11) is 2.96. The summed E-state index contributed by atoms with van der Waals surface area (Å²) in [5.74, 6) is 0.0458. The lowest BCUT2D eigenvalue weighted by Crippen LogP contribution is -2.47. The maximum Gasteiger partial charge on any atom is 0.410 e. The van der Waals surface area contributed by atoms with Gasteiger partial charge >= 0.3 is 6.09 Å². The SMILES string of the molecule is CON(C)C(=O)[C@H]1C[C@H](C)CN1C(=O)OC(C)(C)C. The number of carbonyl (C=O) groups excluding carboxylic acids is 2. The molecule has 1 saturated heterocycles. The van der Waals surface area contributed by atoms with E-state index in [-0.39, 0.29) is 11.8 Å². The molecule has 110 valence electrons. The van der Waals surface area contributed by atoms with E-state index in [1.807, 2.05) is 27.7 Å². The fraction of sp³-hybridized carbons (Fsp3) is 0.846. The van der Waals surface area contributed by atoms with Crippen molar-refractivity contribution in [3.8, 4) is 0 Å². The van der Waals surface area contributed by atoms with E-state index in [2.05, 4.69) is 0 Å². The molecule has 2 amide bonds. The van der Waals surface area contributed by atoms with Gasteiger partial charge in [0.1, 0.15) is 11.6 Å². The molecule has 2 atom stereocenters. The van der Waals surface area contributed by atoms with E-state index >= 15 is 0 Å². The summed E-state index contributed by atoms with van der Waals surface area (Å²) in [4.78, 5) is 30.7. The smallest absolute Gasteiger partial charge is 0.410 e. The Labute approximate surface area is 114 Å². The van der Waals surface area contributed by atoms with Crippen molar-refractivity contribution in [2.75, 3.05) is 20.7 Å². The van der Waals surface area contributed by atoms with Crippen LogP contribution in [-0.2, 0) is 14.4 Å². The minimum absolute atomic E-state index is 0.224. The number of ether oxygens (including phenoxy) is 1. The number of likely N-dealkylation sites (N-methyl/N-ethyl adjacent to an activating group) is 1. The molecule has 0 saturated carbocycles. The summed E-state index contributed by atoms with van der Waals surface area (Å²) in [6.45, 7) is 7.97. The lowest BCUT2D eigenvalue weighted by Gasteiger charge is -2.29.